The van der Waals surface area contributed by atoms with Crippen LogP contribution in [0.3, 0.4) is 0 Å². The molecule has 2 aliphatic rings. The van der Waals surface area contributed by atoms with Crippen molar-refractivity contribution < 1.29 is 9.59 Å². The number of amides is 2. The number of halogens is 1. The number of benzene rings is 2. The van der Waals surface area contributed by atoms with Gasteiger partial charge in [0.15, 0.2) is 0 Å². The van der Waals surface area contributed by atoms with E-state index in [1.165, 1.54) is 0 Å². The van der Waals surface area contributed by atoms with Crippen LogP contribution in [0.25, 0.3) is 6.08 Å². The predicted molar refractivity (Wildman–Crippen MR) is 114 cm³/mol. The number of carbonyl (C=O) groups is 2. The third-order valence-corrected chi connectivity index (χ3v) is 6.31. The van der Waals surface area contributed by atoms with Crippen molar-refractivity contribution in [3.8, 4) is 0 Å². The average Bonchev–Trinajstić information content (AvgIpc) is 2.71. The third kappa shape index (κ3) is 4.04. The first-order valence-corrected chi connectivity index (χ1v) is 10.4. The van der Waals surface area contributed by atoms with E-state index in [1.54, 1.807) is 6.08 Å². The van der Waals surface area contributed by atoms with E-state index < -0.39 is 0 Å². The van der Waals surface area contributed by atoms with Gasteiger partial charge in [-0.05, 0) is 48.7 Å². The van der Waals surface area contributed by atoms with Gasteiger partial charge in [0.25, 0.3) is 5.91 Å². The Kier molecular flexibility index (Phi) is 5.36. The first-order chi connectivity index (χ1) is 13.5. The molecular weight excluding hydrogens is 416 g/mol. The Balaban J connectivity index is 1.27. The zero-order chi connectivity index (χ0) is 19.6. The van der Waals surface area contributed by atoms with E-state index in [1.807, 2.05) is 70.5 Å². The second-order valence-corrected chi connectivity index (χ2v) is 8.65. The molecule has 0 unspecified atom stereocenters. The van der Waals surface area contributed by atoms with Crippen molar-refractivity contribution in [3.05, 3.63) is 76.3 Å². The standard InChI is InChI=1S/C23H23BrN2O2/c24-20-9-6-18(7-10-20)8-11-21(27)25-14-12-23(13-15-25)16-26(17-23)22(28)19-4-2-1-3-5-19/h1-11H,12-17H2. The molecule has 28 heavy (non-hydrogen) atoms. The minimum Gasteiger partial charge on any atom is -0.339 e. The van der Waals surface area contributed by atoms with Gasteiger partial charge in [-0.25, -0.2) is 0 Å². The first kappa shape index (κ1) is 18.9. The molecule has 2 aromatic carbocycles. The Bertz CT molecular complexity index is 877. The largest absolute Gasteiger partial charge is 0.339 e. The van der Waals surface area contributed by atoms with E-state index >= 15 is 0 Å². The van der Waals surface area contributed by atoms with Crippen LogP contribution < -0.4 is 0 Å². The Hall–Kier alpha value is -2.40. The summed E-state index contributed by atoms with van der Waals surface area (Å²) < 4.78 is 1.03. The van der Waals surface area contributed by atoms with E-state index in [0.29, 0.717) is 0 Å². The van der Waals surface area contributed by atoms with Crippen LogP contribution in [-0.2, 0) is 4.79 Å². The fourth-order valence-corrected chi connectivity index (χ4v) is 4.30. The summed E-state index contributed by atoms with van der Waals surface area (Å²) in [7, 11) is 0. The number of nitrogens with zero attached hydrogens (tertiary/aromatic N) is 2. The Morgan fingerprint density at radius 3 is 2.18 bits per heavy atom. The fraction of sp³-hybridized carbons (Fsp3) is 0.304. The maximum absolute atomic E-state index is 12.5. The molecule has 5 heteroatoms. The molecule has 2 heterocycles. The number of piperidine rings is 1. The molecule has 0 N–H and O–H groups in total. The lowest BCUT2D eigenvalue weighted by Gasteiger charge is -2.53. The van der Waals surface area contributed by atoms with E-state index in [4.69, 9.17) is 0 Å². The molecule has 4 nitrogen and oxygen atoms in total. The molecule has 2 amide bonds. The van der Waals surface area contributed by atoms with Gasteiger partial charge >= 0.3 is 0 Å². The van der Waals surface area contributed by atoms with E-state index in [0.717, 1.165) is 54.6 Å². The molecule has 2 saturated heterocycles. The SMILES string of the molecule is O=C(C=Cc1ccc(Br)cc1)N1CCC2(CC1)CN(C(=O)c1ccccc1)C2. The molecule has 0 aromatic heterocycles. The van der Waals surface area contributed by atoms with E-state index in [-0.39, 0.29) is 17.2 Å². The number of hydrogen-bond acceptors (Lipinski definition) is 2. The maximum atomic E-state index is 12.5. The number of rotatable bonds is 3. The summed E-state index contributed by atoms with van der Waals surface area (Å²) in [4.78, 5) is 28.8. The Morgan fingerprint density at radius 2 is 1.54 bits per heavy atom. The number of hydrogen-bond donors (Lipinski definition) is 0. The predicted octanol–water partition coefficient (Wildman–Crippen LogP) is 4.23. The molecule has 144 valence electrons. The molecule has 0 atom stereocenters. The minimum atomic E-state index is 0.0642. The van der Waals surface area contributed by atoms with E-state index in [9.17, 15) is 9.59 Å². The van der Waals surface area contributed by atoms with Gasteiger partial charge < -0.3 is 9.80 Å². The lowest BCUT2D eigenvalue weighted by Crippen LogP contribution is -2.62. The molecule has 0 bridgehead atoms. The van der Waals surface area contributed by atoms with Gasteiger partial charge in [0, 0.05) is 47.7 Å². The van der Waals surface area contributed by atoms with Crippen LogP contribution >= 0.6 is 15.9 Å². The number of likely N-dealkylation sites (tertiary alicyclic amines) is 2. The van der Waals surface area contributed by atoms with E-state index in [2.05, 4.69) is 15.9 Å². The molecule has 0 aliphatic carbocycles. The highest BCUT2D eigenvalue weighted by molar-refractivity contribution is 9.10. The Morgan fingerprint density at radius 1 is 0.893 bits per heavy atom. The highest BCUT2D eigenvalue weighted by atomic mass is 79.9. The molecule has 0 radical (unpaired) electrons. The van der Waals surface area contributed by atoms with Crippen molar-refractivity contribution in [2.75, 3.05) is 26.2 Å². The molecule has 1 spiro atoms. The summed E-state index contributed by atoms with van der Waals surface area (Å²) >= 11 is 3.41. The fourth-order valence-electron chi connectivity index (χ4n) is 4.03. The molecule has 4 rings (SSSR count). The van der Waals surface area contributed by atoms with Crippen LogP contribution in [0.1, 0.15) is 28.8 Å². The van der Waals surface area contributed by atoms with Crippen LogP contribution in [0.4, 0.5) is 0 Å². The van der Waals surface area contributed by atoms with Gasteiger partial charge in [-0.3, -0.25) is 9.59 Å². The second kappa shape index (κ2) is 7.92. The summed E-state index contributed by atoms with van der Waals surface area (Å²) in [5.74, 6) is 0.177. The van der Waals surface area contributed by atoms with Crippen LogP contribution in [0.15, 0.2) is 65.1 Å². The summed E-state index contributed by atoms with van der Waals surface area (Å²) in [6.45, 7) is 3.13. The highest BCUT2D eigenvalue weighted by Crippen LogP contribution is 2.41. The monoisotopic (exact) mass is 438 g/mol. The summed E-state index contributed by atoms with van der Waals surface area (Å²) in [6, 6.07) is 17.3. The van der Waals surface area contributed by atoms with Gasteiger partial charge in [0.05, 0.1) is 0 Å². The molecular formula is C23H23BrN2O2. The smallest absolute Gasteiger partial charge is 0.253 e. The van der Waals surface area contributed by atoms with Gasteiger partial charge in [-0.2, -0.15) is 0 Å². The number of carbonyl (C=O) groups excluding carboxylic acids is 2. The lowest BCUT2D eigenvalue weighted by molar-refractivity contribution is -0.130. The third-order valence-electron chi connectivity index (χ3n) is 5.78. The van der Waals surface area contributed by atoms with Crippen molar-refractivity contribution in [1.29, 1.82) is 0 Å². The van der Waals surface area contributed by atoms with Gasteiger partial charge in [0.1, 0.15) is 0 Å². The molecule has 2 aliphatic heterocycles. The molecule has 2 fully saturated rings. The summed E-state index contributed by atoms with van der Waals surface area (Å²) in [5, 5.41) is 0. The van der Waals surface area contributed by atoms with Crippen molar-refractivity contribution >= 4 is 33.8 Å². The van der Waals surface area contributed by atoms with Crippen molar-refractivity contribution in [2.45, 2.75) is 12.8 Å². The first-order valence-electron chi connectivity index (χ1n) is 9.62. The zero-order valence-corrected chi connectivity index (χ0v) is 17.3. The van der Waals surface area contributed by atoms with Crippen molar-refractivity contribution in [2.24, 2.45) is 5.41 Å². The average molecular weight is 439 g/mol. The maximum Gasteiger partial charge on any atom is 0.253 e. The normalized spacial score (nSPS) is 18.3. The topological polar surface area (TPSA) is 40.6 Å². The van der Waals surface area contributed by atoms with Gasteiger partial charge in [0.2, 0.25) is 5.91 Å². The lowest BCUT2D eigenvalue weighted by atomic mass is 9.71. The van der Waals surface area contributed by atoms with Crippen LogP contribution in [0, 0.1) is 5.41 Å². The quantitative estimate of drug-likeness (QED) is 0.672. The van der Waals surface area contributed by atoms with Gasteiger partial charge in [-0.15, -0.1) is 0 Å². The van der Waals surface area contributed by atoms with Crippen molar-refractivity contribution in [1.82, 2.24) is 9.80 Å². The minimum absolute atomic E-state index is 0.0642. The van der Waals surface area contributed by atoms with Crippen LogP contribution in [-0.4, -0.2) is 47.8 Å². The molecule has 2 aromatic rings. The highest BCUT2D eigenvalue weighted by Gasteiger charge is 2.47. The Labute approximate surface area is 174 Å². The van der Waals surface area contributed by atoms with Crippen LogP contribution in [0.5, 0.6) is 0 Å². The second-order valence-electron chi connectivity index (χ2n) is 7.74. The van der Waals surface area contributed by atoms with Crippen molar-refractivity contribution in [3.63, 3.8) is 0 Å². The summed E-state index contributed by atoms with van der Waals surface area (Å²) in [6.07, 6.45) is 5.45. The van der Waals surface area contributed by atoms with Crippen LogP contribution in [0.2, 0.25) is 0 Å². The molecule has 0 saturated carbocycles. The summed E-state index contributed by atoms with van der Waals surface area (Å²) in [5.41, 5.74) is 1.96. The van der Waals surface area contributed by atoms with Gasteiger partial charge in [-0.1, -0.05) is 46.3 Å². The zero-order valence-electron chi connectivity index (χ0n) is 15.7.